The molecule has 0 fully saturated rings. The van der Waals surface area contributed by atoms with Gasteiger partial charge in [0.25, 0.3) is 0 Å². The first-order valence-corrected chi connectivity index (χ1v) is 7.61. The van der Waals surface area contributed by atoms with Gasteiger partial charge < -0.3 is 4.74 Å². The highest BCUT2D eigenvalue weighted by atomic mass is 32.2. The summed E-state index contributed by atoms with van der Waals surface area (Å²) in [6.45, 7) is 3.68. The zero-order valence-electron chi connectivity index (χ0n) is 11.9. The van der Waals surface area contributed by atoms with Crippen LogP contribution < -0.4 is 0 Å². The normalized spacial score (nSPS) is 18.0. The zero-order chi connectivity index (χ0) is 15.2. The van der Waals surface area contributed by atoms with Crippen LogP contribution in [0.2, 0.25) is 0 Å². The van der Waals surface area contributed by atoms with Crippen molar-refractivity contribution in [1.82, 2.24) is 0 Å². The molecule has 1 aliphatic heterocycles. The summed E-state index contributed by atoms with van der Waals surface area (Å²) >= 11 is 1.37. The van der Waals surface area contributed by atoms with Crippen LogP contribution in [0.25, 0.3) is 0 Å². The summed E-state index contributed by atoms with van der Waals surface area (Å²) in [5.74, 6) is -0.446. The summed E-state index contributed by atoms with van der Waals surface area (Å²) in [6, 6.07) is 9.23. The van der Waals surface area contributed by atoms with E-state index in [1.165, 1.54) is 11.8 Å². The third-order valence-corrected chi connectivity index (χ3v) is 3.99. The Balaban J connectivity index is 2.13. The maximum Gasteiger partial charge on any atom is 0.367 e. The number of nitrogens with zero attached hydrogens (tertiary/aromatic N) is 2. The van der Waals surface area contributed by atoms with Crippen molar-refractivity contribution in [2.75, 3.05) is 6.61 Å². The average molecular weight is 304 g/mol. The van der Waals surface area contributed by atoms with Gasteiger partial charge in [0.1, 0.15) is 5.92 Å². The van der Waals surface area contributed by atoms with E-state index in [1.807, 2.05) is 30.3 Å². The van der Waals surface area contributed by atoms with Crippen molar-refractivity contribution in [3.05, 3.63) is 35.9 Å². The summed E-state index contributed by atoms with van der Waals surface area (Å²) in [5, 5.41) is 0.454. The van der Waals surface area contributed by atoms with Gasteiger partial charge in [-0.15, -0.1) is 11.8 Å². The van der Waals surface area contributed by atoms with E-state index in [4.69, 9.17) is 4.74 Å². The Morgan fingerprint density at radius 1 is 1.29 bits per heavy atom. The second-order valence-electron chi connectivity index (χ2n) is 4.45. The van der Waals surface area contributed by atoms with Gasteiger partial charge in [-0.25, -0.2) is 4.79 Å². The van der Waals surface area contributed by atoms with Crippen LogP contribution in [0, 0.1) is 5.92 Å². The van der Waals surface area contributed by atoms with Gasteiger partial charge in [0.05, 0.1) is 11.7 Å². The lowest BCUT2D eigenvalue weighted by atomic mass is 10.1. The minimum atomic E-state index is -0.670. The van der Waals surface area contributed by atoms with Crippen LogP contribution in [0.5, 0.6) is 0 Å². The van der Waals surface area contributed by atoms with Crippen LogP contribution in [-0.4, -0.2) is 29.4 Å². The van der Waals surface area contributed by atoms with Gasteiger partial charge in [-0.05, 0) is 19.4 Å². The highest BCUT2D eigenvalue weighted by Gasteiger charge is 2.33. The van der Waals surface area contributed by atoms with Gasteiger partial charge in [0.2, 0.25) is 0 Å². The van der Waals surface area contributed by atoms with Crippen molar-refractivity contribution in [2.45, 2.75) is 19.6 Å². The Kier molecular flexibility index (Phi) is 5.27. The first-order chi connectivity index (χ1) is 10.1. The third kappa shape index (κ3) is 4.01. The topological polar surface area (TPSA) is 68.1 Å². The second-order valence-corrected chi connectivity index (χ2v) is 5.44. The van der Waals surface area contributed by atoms with Gasteiger partial charge in [-0.3, -0.25) is 4.79 Å². The fourth-order valence-corrected chi connectivity index (χ4v) is 3.01. The number of carbonyl (C=O) groups is 2. The Morgan fingerprint density at radius 3 is 2.67 bits per heavy atom. The van der Waals surface area contributed by atoms with E-state index in [0.29, 0.717) is 16.5 Å². The van der Waals surface area contributed by atoms with Crippen LogP contribution >= 0.6 is 11.8 Å². The monoisotopic (exact) mass is 304 g/mol. The molecule has 1 atom stereocenters. The molecule has 110 valence electrons. The molecule has 1 aromatic carbocycles. The zero-order valence-corrected chi connectivity index (χ0v) is 12.7. The second kappa shape index (κ2) is 7.17. The van der Waals surface area contributed by atoms with E-state index in [1.54, 1.807) is 13.8 Å². The molecule has 1 unspecified atom stereocenters. The molecule has 0 saturated carbocycles. The van der Waals surface area contributed by atoms with Crippen LogP contribution in [0.15, 0.2) is 40.3 Å². The number of benzene rings is 1. The van der Waals surface area contributed by atoms with Crippen LogP contribution in [0.3, 0.4) is 0 Å². The summed E-state index contributed by atoms with van der Waals surface area (Å²) in [4.78, 5) is 31.1. The van der Waals surface area contributed by atoms with Crippen LogP contribution in [-0.2, 0) is 15.3 Å². The Bertz CT molecular complexity index is 596. The minimum absolute atomic E-state index is 0.285. The molecule has 1 heterocycles. The highest BCUT2D eigenvalue weighted by Crippen LogP contribution is 2.24. The molecular formula is C15H16N2O3S. The third-order valence-electron chi connectivity index (χ3n) is 2.89. The van der Waals surface area contributed by atoms with E-state index >= 15 is 0 Å². The summed E-state index contributed by atoms with van der Waals surface area (Å²) in [7, 11) is 0. The fraction of sp³-hybridized carbons (Fsp3) is 0.333. The lowest BCUT2D eigenvalue weighted by Crippen LogP contribution is -2.34. The predicted molar refractivity (Wildman–Crippen MR) is 83.8 cm³/mol. The Morgan fingerprint density at radius 2 is 2.00 bits per heavy atom. The van der Waals surface area contributed by atoms with E-state index in [2.05, 4.69) is 9.98 Å². The maximum absolute atomic E-state index is 12.0. The number of carbonyl (C=O) groups excluding carboxylic acids is 2. The molecule has 0 saturated heterocycles. The molecule has 0 N–H and O–H groups in total. The molecule has 0 spiro atoms. The fourth-order valence-electron chi connectivity index (χ4n) is 1.92. The summed E-state index contributed by atoms with van der Waals surface area (Å²) in [6.07, 6.45) is 0. The number of aliphatic imine (C=N–C) groups is 2. The minimum Gasteiger partial charge on any atom is -0.465 e. The molecule has 1 aliphatic rings. The largest absolute Gasteiger partial charge is 0.465 e. The maximum atomic E-state index is 12.0. The molecular weight excluding hydrogens is 288 g/mol. The molecule has 2 rings (SSSR count). The van der Waals surface area contributed by atoms with Crippen LogP contribution in [0.4, 0.5) is 4.79 Å². The SMILES string of the molecule is CCOC(=O)C1C(C)=NC(=O)N=C1SCc1ccccc1. The van der Waals surface area contributed by atoms with Gasteiger partial charge in [-0.1, -0.05) is 30.3 Å². The van der Waals surface area contributed by atoms with Crippen molar-refractivity contribution < 1.29 is 14.3 Å². The van der Waals surface area contributed by atoms with Crippen molar-refractivity contribution >= 4 is 34.5 Å². The average Bonchev–Trinajstić information content (AvgIpc) is 2.45. The molecule has 0 bridgehead atoms. The lowest BCUT2D eigenvalue weighted by molar-refractivity contribution is -0.143. The smallest absolute Gasteiger partial charge is 0.367 e. The van der Waals surface area contributed by atoms with E-state index in [-0.39, 0.29) is 6.61 Å². The number of hydrogen-bond donors (Lipinski definition) is 0. The Labute approximate surface area is 127 Å². The highest BCUT2D eigenvalue weighted by molar-refractivity contribution is 8.13. The van der Waals surface area contributed by atoms with Crippen molar-refractivity contribution in [3.8, 4) is 0 Å². The van der Waals surface area contributed by atoms with Gasteiger partial charge in [0, 0.05) is 11.5 Å². The van der Waals surface area contributed by atoms with Gasteiger partial charge in [-0.2, -0.15) is 9.98 Å². The molecule has 5 nitrogen and oxygen atoms in total. The lowest BCUT2D eigenvalue weighted by Gasteiger charge is -2.19. The summed E-state index contributed by atoms with van der Waals surface area (Å²) in [5.41, 5.74) is 1.53. The number of ether oxygens (including phenoxy) is 1. The molecule has 2 amide bonds. The van der Waals surface area contributed by atoms with E-state index < -0.39 is 17.9 Å². The standard InChI is InChI=1S/C15H16N2O3S/c1-3-20-14(18)12-10(2)16-15(19)17-13(12)21-9-11-7-5-4-6-8-11/h4-8,12H,3,9H2,1-2H3. The molecule has 0 radical (unpaired) electrons. The quantitative estimate of drug-likeness (QED) is 0.802. The van der Waals surface area contributed by atoms with Crippen LogP contribution in [0.1, 0.15) is 19.4 Å². The first-order valence-electron chi connectivity index (χ1n) is 6.63. The van der Waals surface area contributed by atoms with E-state index in [9.17, 15) is 9.59 Å². The number of rotatable bonds is 4. The molecule has 21 heavy (non-hydrogen) atoms. The van der Waals surface area contributed by atoms with E-state index in [0.717, 1.165) is 5.56 Å². The number of hydrogen-bond acceptors (Lipinski definition) is 4. The predicted octanol–water partition coefficient (Wildman–Crippen LogP) is 3.09. The number of thioether (sulfide) groups is 1. The number of urea groups is 1. The van der Waals surface area contributed by atoms with Crippen molar-refractivity contribution in [3.63, 3.8) is 0 Å². The molecule has 0 aromatic heterocycles. The van der Waals surface area contributed by atoms with Crippen molar-refractivity contribution in [1.29, 1.82) is 0 Å². The number of amides is 2. The van der Waals surface area contributed by atoms with Gasteiger partial charge >= 0.3 is 12.0 Å². The molecule has 1 aromatic rings. The Hall–Kier alpha value is -1.95. The molecule has 0 aliphatic carbocycles. The van der Waals surface area contributed by atoms with Gasteiger partial charge in [0.15, 0.2) is 0 Å². The molecule has 6 heteroatoms. The number of esters is 1. The summed E-state index contributed by atoms with van der Waals surface area (Å²) < 4.78 is 5.04. The first kappa shape index (κ1) is 15.4. The van der Waals surface area contributed by atoms with Crippen molar-refractivity contribution in [2.24, 2.45) is 15.9 Å².